The summed E-state index contributed by atoms with van der Waals surface area (Å²) in [4.78, 5) is 12.5. The number of rotatable bonds is 6. The van der Waals surface area contributed by atoms with Crippen molar-refractivity contribution in [3.8, 4) is 0 Å². The van der Waals surface area contributed by atoms with E-state index >= 15 is 0 Å². The second-order valence-electron chi connectivity index (χ2n) is 6.04. The van der Waals surface area contributed by atoms with Gasteiger partial charge in [-0.15, -0.1) is 0 Å². The Morgan fingerprint density at radius 3 is 2.79 bits per heavy atom. The van der Waals surface area contributed by atoms with Gasteiger partial charge in [0.05, 0.1) is 12.0 Å². The molecule has 0 aliphatic carbocycles. The normalized spacial score (nSPS) is 20.0. The third-order valence-electron chi connectivity index (χ3n) is 4.31. The van der Waals surface area contributed by atoms with Crippen LogP contribution in [0.15, 0.2) is 59.1 Å². The van der Waals surface area contributed by atoms with Gasteiger partial charge in [-0.25, -0.2) is 5.43 Å². The monoisotopic (exact) mass is 387 g/mol. The maximum absolute atomic E-state index is 12.5. The van der Waals surface area contributed by atoms with Crippen molar-refractivity contribution in [1.29, 1.82) is 0 Å². The zero-order valence-electron chi connectivity index (χ0n) is 13.5. The Balaban J connectivity index is 1.50. The van der Waals surface area contributed by atoms with Gasteiger partial charge in [-0.1, -0.05) is 58.4 Å². The molecular formula is C19H22BrN3O. The lowest BCUT2D eigenvalue weighted by Gasteiger charge is -2.18. The molecule has 1 heterocycles. The number of aryl methyl sites for hydroxylation is 1. The number of hydrazine groups is 1. The molecule has 1 fully saturated rings. The molecule has 1 amide bonds. The first kappa shape index (κ1) is 17.1. The Labute approximate surface area is 151 Å². The van der Waals surface area contributed by atoms with Crippen molar-refractivity contribution in [2.24, 2.45) is 5.92 Å². The van der Waals surface area contributed by atoms with E-state index in [1.807, 2.05) is 36.4 Å². The molecule has 4 nitrogen and oxygen atoms in total. The highest BCUT2D eigenvalue weighted by molar-refractivity contribution is 9.10. The van der Waals surface area contributed by atoms with Crippen molar-refractivity contribution < 1.29 is 4.79 Å². The lowest BCUT2D eigenvalue weighted by molar-refractivity contribution is -0.124. The van der Waals surface area contributed by atoms with Crippen LogP contribution in [0.5, 0.6) is 0 Å². The Morgan fingerprint density at radius 1 is 1.17 bits per heavy atom. The van der Waals surface area contributed by atoms with Crippen molar-refractivity contribution >= 4 is 21.8 Å². The molecule has 3 N–H and O–H groups in total. The number of halogens is 1. The minimum absolute atomic E-state index is 0.00313. The minimum atomic E-state index is -0.101. The van der Waals surface area contributed by atoms with E-state index < -0.39 is 0 Å². The number of benzene rings is 2. The van der Waals surface area contributed by atoms with E-state index in [-0.39, 0.29) is 17.9 Å². The molecule has 2 aromatic carbocycles. The lowest BCUT2D eigenvalue weighted by atomic mass is 9.94. The molecule has 0 spiro atoms. The maximum Gasteiger partial charge on any atom is 0.226 e. The van der Waals surface area contributed by atoms with Crippen LogP contribution in [0, 0.1) is 5.92 Å². The third kappa shape index (κ3) is 4.44. The number of nitrogens with one attached hydrogen (secondary N) is 3. The van der Waals surface area contributed by atoms with E-state index in [4.69, 9.17) is 0 Å². The van der Waals surface area contributed by atoms with Gasteiger partial charge in [0.25, 0.3) is 0 Å². The zero-order valence-corrected chi connectivity index (χ0v) is 15.1. The molecule has 0 bridgehead atoms. The van der Waals surface area contributed by atoms with Gasteiger partial charge < -0.3 is 5.32 Å². The molecule has 3 rings (SSSR count). The van der Waals surface area contributed by atoms with Gasteiger partial charge in [0.15, 0.2) is 0 Å². The van der Waals surface area contributed by atoms with Crippen LogP contribution in [0.2, 0.25) is 0 Å². The van der Waals surface area contributed by atoms with Gasteiger partial charge in [0.1, 0.15) is 0 Å². The summed E-state index contributed by atoms with van der Waals surface area (Å²) in [5, 5.41) is 3.08. The average Bonchev–Trinajstić information content (AvgIpc) is 3.09. The Kier molecular flexibility index (Phi) is 6.01. The van der Waals surface area contributed by atoms with Gasteiger partial charge in [0.2, 0.25) is 5.91 Å². The molecule has 0 aromatic heterocycles. The third-order valence-corrected chi connectivity index (χ3v) is 4.80. The molecule has 126 valence electrons. The van der Waals surface area contributed by atoms with Crippen LogP contribution in [0.4, 0.5) is 0 Å². The van der Waals surface area contributed by atoms with Crippen LogP contribution < -0.4 is 16.2 Å². The molecule has 5 heteroatoms. The van der Waals surface area contributed by atoms with Crippen molar-refractivity contribution in [3.63, 3.8) is 0 Å². The molecule has 2 atom stereocenters. The topological polar surface area (TPSA) is 53.2 Å². The summed E-state index contributed by atoms with van der Waals surface area (Å²) in [7, 11) is 0. The summed E-state index contributed by atoms with van der Waals surface area (Å²) in [5.41, 5.74) is 8.75. The van der Waals surface area contributed by atoms with Gasteiger partial charge in [-0.2, -0.15) is 0 Å². The molecule has 1 saturated heterocycles. The molecule has 24 heavy (non-hydrogen) atoms. The molecule has 0 radical (unpaired) electrons. The van der Waals surface area contributed by atoms with E-state index in [0.717, 1.165) is 22.9 Å². The van der Waals surface area contributed by atoms with Gasteiger partial charge in [0, 0.05) is 17.6 Å². The quantitative estimate of drug-likeness (QED) is 0.667. The summed E-state index contributed by atoms with van der Waals surface area (Å²) in [5.74, 6) is 0.00145. The number of carbonyl (C=O) groups excluding carboxylic acids is 1. The Hall–Kier alpha value is -1.69. The van der Waals surface area contributed by atoms with Gasteiger partial charge in [-0.3, -0.25) is 10.2 Å². The predicted octanol–water partition coefficient (Wildman–Crippen LogP) is 2.96. The highest BCUT2D eigenvalue weighted by Gasteiger charge is 2.33. The predicted molar refractivity (Wildman–Crippen MR) is 99.3 cm³/mol. The van der Waals surface area contributed by atoms with E-state index in [1.54, 1.807) is 0 Å². The summed E-state index contributed by atoms with van der Waals surface area (Å²) in [6.45, 7) is 1.34. The molecular weight excluding hydrogens is 366 g/mol. The van der Waals surface area contributed by atoms with Crippen LogP contribution in [0.3, 0.4) is 0 Å². The molecule has 0 saturated carbocycles. The number of amides is 1. The van der Waals surface area contributed by atoms with Crippen LogP contribution in [-0.2, 0) is 11.2 Å². The summed E-state index contributed by atoms with van der Waals surface area (Å²) < 4.78 is 1.02. The second kappa shape index (κ2) is 8.42. The van der Waals surface area contributed by atoms with Crippen molar-refractivity contribution in [1.82, 2.24) is 16.2 Å². The number of hydrogen-bond donors (Lipinski definition) is 3. The highest BCUT2D eigenvalue weighted by atomic mass is 79.9. The fourth-order valence-corrected chi connectivity index (χ4v) is 3.45. The zero-order chi connectivity index (χ0) is 16.8. The van der Waals surface area contributed by atoms with Crippen LogP contribution in [0.25, 0.3) is 0 Å². The molecule has 1 aliphatic rings. The van der Waals surface area contributed by atoms with Gasteiger partial charge >= 0.3 is 0 Å². The summed E-state index contributed by atoms with van der Waals surface area (Å²) in [6, 6.07) is 18.4. The first-order chi connectivity index (χ1) is 11.7. The van der Waals surface area contributed by atoms with Crippen molar-refractivity contribution in [2.45, 2.75) is 18.9 Å². The fourth-order valence-electron chi connectivity index (χ4n) is 3.04. The standard InChI is InChI=1S/C19H22BrN3O/c20-16-10-4-9-15(12-16)18-17(13-22-23-18)19(24)21-11-5-8-14-6-2-1-3-7-14/h1-4,6-7,9-10,12,17-18,22-23H,5,8,11,13H2,(H,21,24). The molecule has 2 unspecified atom stereocenters. The number of carbonyl (C=O) groups is 1. The minimum Gasteiger partial charge on any atom is -0.356 e. The van der Waals surface area contributed by atoms with Crippen molar-refractivity contribution in [3.05, 3.63) is 70.2 Å². The lowest BCUT2D eigenvalue weighted by Crippen LogP contribution is -2.35. The van der Waals surface area contributed by atoms with Gasteiger partial charge in [-0.05, 0) is 36.1 Å². The average molecular weight is 388 g/mol. The SMILES string of the molecule is O=C(NCCCc1ccccc1)C1CNNC1c1cccc(Br)c1. The number of hydrogen-bond acceptors (Lipinski definition) is 3. The largest absolute Gasteiger partial charge is 0.356 e. The molecule has 2 aromatic rings. The van der Waals surface area contributed by atoms with Crippen LogP contribution in [-0.4, -0.2) is 19.0 Å². The van der Waals surface area contributed by atoms with E-state index in [9.17, 15) is 4.79 Å². The highest BCUT2D eigenvalue weighted by Crippen LogP contribution is 2.27. The van der Waals surface area contributed by atoms with E-state index in [1.165, 1.54) is 5.56 Å². The van der Waals surface area contributed by atoms with E-state index in [2.05, 4.69) is 50.3 Å². The van der Waals surface area contributed by atoms with E-state index in [0.29, 0.717) is 13.1 Å². The van der Waals surface area contributed by atoms with Crippen LogP contribution >= 0.6 is 15.9 Å². The first-order valence-corrected chi connectivity index (χ1v) is 9.09. The Bertz CT molecular complexity index is 677. The van der Waals surface area contributed by atoms with Crippen molar-refractivity contribution in [2.75, 3.05) is 13.1 Å². The smallest absolute Gasteiger partial charge is 0.226 e. The first-order valence-electron chi connectivity index (χ1n) is 8.29. The fraction of sp³-hybridized carbons (Fsp3) is 0.316. The second-order valence-corrected chi connectivity index (χ2v) is 6.96. The summed E-state index contributed by atoms with van der Waals surface area (Å²) >= 11 is 3.49. The van der Waals surface area contributed by atoms with Crippen LogP contribution in [0.1, 0.15) is 23.6 Å². The Morgan fingerprint density at radius 2 is 2.00 bits per heavy atom. The summed E-state index contributed by atoms with van der Waals surface area (Å²) in [6.07, 6.45) is 1.93. The molecule has 1 aliphatic heterocycles. The maximum atomic E-state index is 12.5.